The lowest BCUT2D eigenvalue weighted by molar-refractivity contribution is 0.662. The first kappa shape index (κ1) is 37.1. The molecule has 4 nitrogen and oxygen atoms in total. The van der Waals surface area contributed by atoms with E-state index in [1.807, 2.05) is 111 Å². The summed E-state index contributed by atoms with van der Waals surface area (Å²) in [5, 5.41) is 13.6. The molecular formula is C50H45N3O. The predicted octanol–water partition coefficient (Wildman–Crippen LogP) is 12.4. The Kier molecular flexibility index (Phi) is 12.5. The van der Waals surface area contributed by atoms with Gasteiger partial charge >= 0.3 is 0 Å². The lowest BCUT2D eigenvalue weighted by atomic mass is 9.86. The highest BCUT2D eigenvalue weighted by molar-refractivity contribution is 6.11. The van der Waals surface area contributed by atoms with E-state index in [1.165, 1.54) is 5.56 Å². The average molecular weight is 704 g/mol. The highest BCUT2D eigenvalue weighted by Crippen LogP contribution is 2.41. The first-order chi connectivity index (χ1) is 26.5. The van der Waals surface area contributed by atoms with Crippen LogP contribution in [0.5, 0.6) is 0 Å². The number of nitrogens with one attached hydrogen (secondary N) is 2. The summed E-state index contributed by atoms with van der Waals surface area (Å²) in [6.45, 7) is 6.01. The van der Waals surface area contributed by atoms with Gasteiger partial charge in [0.1, 0.15) is 11.2 Å². The lowest BCUT2D eigenvalue weighted by Gasteiger charge is -2.18. The van der Waals surface area contributed by atoms with Gasteiger partial charge in [-0.2, -0.15) is 0 Å². The molecule has 0 spiro atoms. The molecule has 266 valence electrons. The van der Waals surface area contributed by atoms with Gasteiger partial charge in [-0.15, -0.1) is 0 Å². The Morgan fingerprint density at radius 3 is 1.70 bits per heavy atom. The van der Waals surface area contributed by atoms with Crippen LogP contribution < -0.4 is 5.32 Å². The molecule has 0 aliphatic carbocycles. The number of nitrogens with zero attached hydrogens (tertiary/aromatic N) is 1. The zero-order valence-corrected chi connectivity index (χ0v) is 31.0. The van der Waals surface area contributed by atoms with Gasteiger partial charge in [-0.1, -0.05) is 169 Å². The summed E-state index contributed by atoms with van der Waals surface area (Å²) in [7, 11) is 3.75. The molecule has 7 aromatic carbocycles. The molecular weight excluding hydrogens is 659 g/mol. The van der Waals surface area contributed by atoms with Crippen LogP contribution in [0.2, 0.25) is 0 Å². The van der Waals surface area contributed by atoms with Crippen molar-refractivity contribution in [3.63, 3.8) is 0 Å². The molecule has 0 amide bonds. The number of aliphatic imine (C=N–C) groups is 1. The third-order valence-corrected chi connectivity index (χ3v) is 9.07. The molecule has 8 aromatic rings. The van der Waals surface area contributed by atoms with Crippen molar-refractivity contribution in [1.82, 2.24) is 5.32 Å². The Morgan fingerprint density at radius 2 is 1.13 bits per heavy atom. The summed E-state index contributed by atoms with van der Waals surface area (Å²) < 4.78 is 6.59. The topological polar surface area (TPSA) is 61.4 Å². The Labute approximate surface area is 318 Å². The molecule has 8 rings (SSSR count). The Balaban J connectivity index is 0.000000437. The van der Waals surface area contributed by atoms with Crippen LogP contribution in [0.4, 0.5) is 0 Å². The summed E-state index contributed by atoms with van der Waals surface area (Å²) in [4.78, 5) is 4.46. The maximum absolute atomic E-state index is 8.73. The summed E-state index contributed by atoms with van der Waals surface area (Å²) in [5.41, 5.74) is 11.5. The van der Waals surface area contributed by atoms with Gasteiger partial charge in [-0.05, 0) is 79.8 Å². The van der Waals surface area contributed by atoms with Crippen LogP contribution in [-0.2, 0) is 0 Å². The molecule has 0 radical (unpaired) electrons. The van der Waals surface area contributed by atoms with Crippen LogP contribution in [-0.4, -0.2) is 26.5 Å². The van der Waals surface area contributed by atoms with Gasteiger partial charge in [-0.3, -0.25) is 10.4 Å². The molecule has 0 aliphatic heterocycles. The molecule has 0 fully saturated rings. The number of benzene rings is 7. The van der Waals surface area contributed by atoms with Gasteiger partial charge in [0.05, 0.1) is 11.4 Å². The Bertz CT molecular complexity index is 2450. The fourth-order valence-corrected chi connectivity index (χ4v) is 6.42. The largest absolute Gasteiger partial charge is 0.456 e. The highest BCUT2D eigenvalue weighted by atomic mass is 16.3. The second-order valence-electron chi connectivity index (χ2n) is 13.0. The maximum atomic E-state index is 8.73. The number of fused-ring (bicyclic) bond motifs is 3. The second-order valence-corrected chi connectivity index (χ2v) is 13.0. The maximum Gasteiger partial charge on any atom is 0.139 e. The van der Waals surface area contributed by atoms with E-state index in [0.29, 0.717) is 5.71 Å². The smallest absolute Gasteiger partial charge is 0.139 e. The third-order valence-electron chi connectivity index (χ3n) is 9.07. The SMILES string of the molecule is C=N/C(=C\C(c1ccccc1)c1cc(-c2ccc(C(=N)c3ccccc3)cc2)cc2c1oc1ccccc12)c1ccccc1.CNC.Cc1ccccc1. The number of para-hydroxylation sites is 1. The first-order valence-electron chi connectivity index (χ1n) is 18.1. The fourth-order valence-electron chi connectivity index (χ4n) is 6.42. The summed E-state index contributed by atoms with van der Waals surface area (Å²) in [6.07, 6.45) is 2.19. The molecule has 4 heteroatoms. The number of hydrogen-bond acceptors (Lipinski definition) is 4. The van der Waals surface area contributed by atoms with E-state index in [0.717, 1.165) is 66.6 Å². The lowest BCUT2D eigenvalue weighted by Crippen LogP contribution is -2.01. The van der Waals surface area contributed by atoms with Crippen molar-refractivity contribution < 1.29 is 4.42 Å². The standard InChI is InChI=1S/C41H30N2O.C7H8.C2H7N/c1-43-38(30-15-7-3-8-16-30)27-35(29-13-5-2-6-14-29)37-26-33(25-36-34-19-11-12-20-39(34)44-41(36)37)28-21-23-32(24-22-28)40(42)31-17-9-4-10-18-31;1-7-5-3-2-4-6-7;1-3-2/h2-27,35,42H,1H2;2-6H,1H3;3H,1-2H3/b38-27-,42-40?;;. The van der Waals surface area contributed by atoms with Crippen LogP contribution >= 0.6 is 0 Å². The van der Waals surface area contributed by atoms with E-state index >= 15 is 0 Å². The van der Waals surface area contributed by atoms with Crippen LogP contribution in [0.1, 0.15) is 39.3 Å². The zero-order chi connectivity index (χ0) is 37.7. The summed E-state index contributed by atoms with van der Waals surface area (Å²) >= 11 is 0. The molecule has 1 aromatic heterocycles. The molecule has 0 saturated heterocycles. The first-order valence-corrected chi connectivity index (χ1v) is 18.1. The van der Waals surface area contributed by atoms with Gasteiger partial charge in [0, 0.05) is 27.8 Å². The minimum atomic E-state index is -0.148. The number of allylic oxidation sites excluding steroid dienone is 1. The van der Waals surface area contributed by atoms with Crippen LogP contribution in [0, 0.1) is 12.3 Å². The Hall–Kier alpha value is -6.62. The molecule has 0 saturated carbocycles. The van der Waals surface area contributed by atoms with Crippen molar-refractivity contribution >= 4 is 40.1 Å². The second kappa shape index (κ2) is 18.2. The molecule has 0 aliphatic rings. The molecule has 54 heavy (non-hydrogen) atoms. The van der Waals surface area contributed by atoms with Crippen LogP contribution in [0.25, 0.3) is 38.8 Å². The normalized spacial score (nSPS) is 11.5. The highest BCUT2D eigenvalue weighted by Gasteiger charge is 2.22. The van der Waals surface area contributed by atoms with Gasteiger partial charge in [-0.25, -0.2) is 0 Å². The van der Waals surface area contributed by atoms with Crippen molar-refractivity contribution in [3.05, 3.63) is 221 Å². The third kappa shape index (κ3) is 8.87. The van der Waals surface area contributed by atoms with Crippen LogP contribution in [0.15, 0.2) is 197 Å². The van der Waals surface area contributed by atoms with Crippen molar-refractivity contribution in [2.45, 2.75) is 12.8 Å². The number of furan rings is 1. The van der Waals surface area contributed by atoms with E-state index < -0.39 is 0 Å². The summed E-state index contributed by atoms with van der Waals surface area (Å²) in [5.74, 6) is -0.148. The quantitative estimate of drug-likeness (QED) is 0.155. The van der Waals surface area contributed by atoms with Crippen molar-refractivity contribution in [1.29, 1.82) is 5.41 Å². The average Bonchev–Trinajstić information content (AvgIpc) is 3.61. The van der Waals surface area contributed by atoms with Gasteiger partial charge < -0.3 is 9.73 Å². The zero-order valence-electron chi connectivity index (χ0n) is 31.0. The van der Waals surface area contributed by atoms with Crippen LogP contribution in [0.3, 0.4) is 0 Å². The van der Waals surface area contributed by atoms with E-state index in [9.17, 15) is 0 Å². The van der Waals surface area contributed by atoms with Gasteiger partial charge in [0.25, 0.3) is 0 Å². The van der Waals surface area contributed by atoms with Gasteiger partial charge in [0.15, 0.2) is 0 Å². The minimum absolute atomic E-state index is 0.148. The number of rotatable bonds is 8. The van der Waals surface area contributed by atoms with Crippen molar-refractivity contribution in [3.8, 4) is 11.1 Å². The van der Waals surface area contributed by atoms with E-state index in [-0.39, 0.29) is 5.92 Å². The number of aryl methyl sites for hydroxylation is 1. The molecule has 2 N–H and O–H groups in total. The van der Waals surface area contributed by atoms with Crippen molar-refractivity contribution in [2.24, 2.45) is 4.99 Å². The fraction of sp³-hybridized carbons (Fsp3) is 0.0800. The molecule has 0 bridgehead atoms. The summed E-state index contributed by atoms with van der Waals surface area (Å²) in [6, 6.07) is 61.7. The van der Waals surface area contributed by atoms with E-state index in [1.54, 1.807) is 0 Å². The predicted molar refractivity (Wildman–Crippen MR) is 230 cm³/mol. The number of hydrogen-bond donors (Lipinski definition) is 2. The van der Waals surface area contributed by atoms with E-state index in [4.69, 9.17) is 9.83 Å². The van der Waals surface area contributed by atoms with E-state index in [2.05, 4.69) is 115 Å². The van der Waals surface area contributed by atoms with Crippen molar-refractivity contribution in [2.75, 3.05) is 14.1 Å². The van der Waals surface area contributed by atoms with Gasteiger partial charge in [0.2, 0.25) is 0 Å². The molecule has 1 atom stereocenters. The Morgan fingerprint density at radius 1 is 0.611 bits per heavy atom. The minimum Gasteiger partial charge on any atom is -0.456 e. The monoisotopic (exact) mass is 703 g/mol. The molecule has 1 unspecified atom stereocenters. The molecule has 1 heterocycles.